The van der Waals surface area contributed by atoms with Crippen molar-refractivity contribution in [3.8, 4) is 16.8 Å². The maximum absolute atomic E-state index is 15.8. The molecule has 6 aromatic rings. The van der Waals surface area contributed by atoms with Gasteiger partial charge < -0.3 is 9.47 Å². The monoisotopic (exact) mass is 538 g/mol. The molecule has 2 aliphatic rings. The summed E-state index contributed by atoms with van der Waals surface area (Å²) in [5.41, 5.74) is 6.06. The Morgan fingerprint density at radius 2 is 1.46 bits per heavy atom. The van der Waals surface area contributed by atoms with Crippen LogP contribution in [0.15, 0.2) is 120 Å². The number of aromatic nitrogens is 2. The fourth-order valence-electron chi connectivity index (χ4n) is 6.59. The van der Waals surface area contributed by atoms with Crippen LogP contribution in [-0.2, 0) is 0 Å². The summed E-state index contributed by atoms with van der Waals surface area (Å²) < 4.78 is 33.6. The summed E-state index contributed by atoms with van der Waals surface area (Å²) in [4.78, 5) is 11.4. The molecule has 2 aromatic heterocycles. The van der Waals surface area contributed by atoms with Crippen LogP contribution in [0, 0.1) is 11.6 Å². The van der Waals surface area contributed by atoms with Gasteiger partial charge in [-0.15, -0.1) is 0 Å². The first-order valence-electron chi connectivity index (χ1n) is 13.6. The molecule has 0 amide bonds. The second-order valence-corrected chi connectivity index (χ2v) is 10.7. The van der Waals surface area contributed by atoms with Gasteiger partial charge in [0.1, 0.15) is 17.7 Å². The lowest BCUT2D eigenvalue weighted by molar-refractivity contribution is 0.494. The van der Waals surface area contributed by atoms with E-state index in [1.807, 2.05) is 83.6 Å². The highest BCUT2D eigenvalue weighted by atomic mass is 19.1. The van der Waals surface area contributed by atoms with Gasteiger partial charge in [0, 0.05) is 51.6 Å². The number of aliphatic imine (C=N–C) groups is 1. The highest BCUT2D eigenvalue weighted by Crippen LogP contribution is 2.53. The van der Waals surface area contributed by atoms with Crippen LogP contribution < -0.4 is 4.90 Å². The molecule has 0 spiro atoms. The number of hydrogen-bond acceptors (Lipinski definition) is 3. The van der Waals surface area contributed by atoms with Crippen molar-refractivity contribution in [3.63, 3.8) is 0 Å². The largest absolute Gasteiger partial charge is 0.329 e. The zero-order chi connectivity index (χ0) is 27.7. The molecule has 0 bridgehead atoms. The summed E-state index contributed by atoms with van der Waals surface area (Å²) in [7, 11) is 0. The number of allylic oxidation sites excluding steroid dienone is 1. The van der Waals surface area contributed by atoms with Gasteiger partial charge in [-0.1, -0.05) is 42.5 Å². The van der Waals surface area contributed by atoms with Crippen molar-refractivity contribution in [1.82, 2.24) is 9.55 Å². The van der Waals surface area contributed by atoms with Crippen LogP contribution in [0.5, 0.6) is 0 Å². The Hall–Kier alpha value is -5.10. The Kier molecular flexibility index (Phi) is 5.04. The van der Waals surface area contributed by atoms with Crippen molar-refractivity contribution >= 4 is 39.5 Å². The van der Waals surface area contributed by atoms with Crippen molar-refractivity contribution in [2.75, 3.05) is 4.90 Å². The van der Waals surface area contributed by atoms with Gasteiger partial charge in [-0.3, -0.25) is 9.98 Å². The molecule has 4 nitrogen and oxygen atoms in total. The molecule has 2 atom stereocenters. The van der Waals surface area contributed by atoms with Gasteiger partial charge in [0.2, 0.25) is 0 Å². The molecule has 198 valence electrons. The van der Waals surface area contributed by atoms with E-state index in [-0.39, 0.29) is 17.2 Å². The fraction of sp³-hybridized carbons (Fsp3) is 0.0857. The van der Waals surface area contributed by atoms with Gasteiger partial charge in [0.05, 0.1) is 22.1 Å². The smallest absolute Gasteiger partial charge is 0.133 e. The maximum atomic E-state index is 15.8. The second kappa shape index (κ2) is 8.70. The SMILES string of the molecule is CC12C=CC=NC1c1ccccc1N2c1ccc(-c2ccc(-n3c4ccccc4c4ncccc43)cc2F)c(F)c1. The predicted molar refractivity (Wildman–Crippen MR) is 161 cm³/mol. The molecule has 0 saturated heterocycles. The van der Waals surface area contributed by atoms with Crippen LogP contribution in [0.25, 0.3) is 38.8 Å². The minimum Gasteiger partial charge on any atom is -0.329 e. The van der Waals surface area contributed by atoms with Gasteiger partial charge >= 0.3 is 0 Å². The van der Waals surface area contributed by atoms with Crippen LogP contribution in [0.4, 0.5) is 20.2 Å². The van der Waals surface area contributed by atoms with E-state index in [1.54, 1.807) is 18.3 Å². The predicted octanol–water partition coefficient (Wildman–Crippen LogP) is 8.72. The lowest BCUT2D eigenvalue weighted by atomic mass is 9.88. The molecule has 0 N–H and O–H groups in total. The molecule has 0 fully saturated rings. The number of pyridine rings is 1. The summed E-state index contributed by atoms with van der Waals surface area (Å²) in [6.07, 6.45) is 7.62. The van der Waals surface area contributed by atoms with E-state index in [9.17, 15) is 0 Å². The maximum Gasteiger partial charge on any atom is 0.133 e. The fourth-order valence-corrected chi connectivity index (χ4v) is 6.59. The second-order valence-electron chi connectivity index (χ2n) is 10.7. The Balaban J connectivity index is 1.21. The van der Waals surface area contributed by atoms with Crippen molar-refractivity contribution in [2.24, 2.45) is 4.99 Å². The number of para-hydroxylation sites is 2. The number of fused-ring (bicyclic) bond motifs is 6. The molecular weight excluding hydrogens is 514 g/mol. The van der Waals surface area contributed by atoms with Gasteiger partial charge in [-0.2, -0.15) is 0 Å². The molecule has 2 aliphatic heterocycles. The minimum absolute atomic E-state index is 0.0903. The van der Waals surface area contributed by atoms with E-state index in [1.165, 1.54) is 12.1 Å². The summed E-state index contributed by atoms with van der Waals surface area (Å²) in [5.74, 6) is -0.977. The van der Waals surface area contributed by atoms with Crippen LogP contribution in [-0.4, -0.2) is 21.3 Å². The molecular formula is C35H24F2N4. The molecule has 4 aromatic carbocycles. The first-order valence-corrected chi connectivity index (χ1v) is 13.6. The third kappa shape index (κ3) is 3.37. The average Bonchev–Trinajstić information content (AvgIpc) is 3.47. The van der Waals surface area contributed by atoms with E-state index in [2.05, 4.69) is 29.0 Å². The molecule has 41 heavy (non-hydrogen) atoms. The summed E-state index contributed by atoms with van der Waals surface area (Å²) >= 11 is 0. The molecule has 8 rings (SSSR count). The average molecular weight is 539 g/mol. The molecule has 0 radical (unpaired) electrons. The standard InChI is InChI=1S/C35H24F2N4/c1-35-17-7-19-39-34(35)27-9-3-5-11-31(27)41(35)23-14-16-25(29(37)21-23)24-15-13-22(20-28(24)36)40-30-10-4-2-8-26(30)33-32(40)12-6-18-38-33/h2-21,34H,1H3. The lowest BCUT2D eigenvalue weighted by Gasteiger charge is -2.38. The van der Waals surface area contributed by atoms with Crippen LogP contribution in [0.3, 0.4) is 0 Å². The number of rotatable bonds is 3. The van der Waals surface area contributed by atoms with E-state index < -0.39 is 17.2 Å². The highest BCUT2D eigenvalue weighted by molar-refractivity contribution is 6.06. The van der Waals surface area contributed by atoms with Crippen molar-refractivity contribution < 1.29 is 8.78 Å². The quantitative estimate of drug-likeness (QED) is 0.226. The van der Waals surface area contributed by atoms with Crippen LogP contribution >= 0.6 is 0 Å². The van der Waals surface area contributed by atoms with Crippen molar-refractivity contribution in [3.05, 3.63) is 133 Å². The van der Waals surface area contributed by atoms with Crippen molar-refractivity contribution in [1.29, 1.82) is 0 Å². The van der Waals surface area contributed by atoms with Crippen LogP contribution in [0.2, 0.25) is 0 Å². The van der Waals surface area contributed by atoms with Gasteiger partial charge in [0.15, 0.2) is 0 Å². The van der Waals surface area contributed by atoms with E-state index in [4.69, 9.17) is 4.99 Å². The molecule has 2 unspecified atom stereocenters. The summed E-state index contributed by atoms with van der Waals surface area (Å²) in [6.45, 7) is 2.11. The number of dihydropyridines is 1. The minimum atomic E-state index is -0.493. The van der Waals surface area contributed by atoms with E-state index in [0.29, 0.717) is 11.4 Å². The van der Waals surface area contributed by atoms with Crippen LogP contribution in [0.1, 0.15) is 18.5 Å². The van der Waals surface area contributed by atoms with Gasteiger partial charge in [-0.25, -0.2) is 8.78 Å². The Bertz CT molecular complexity index is 2020. The van der Waals surface area contributed by atoms with Gasteiger partial charge in [-0.05, 0) is 73.7 Å². The topological polar surface area (TPSA) is 33.4 Å². The van der Waals surface area contributed by atoms with Crippen molar-refractivity contribution in [2.45, 2.75) is 18.5 Å². The number of hydrogen-bond donors (Lipinski definition) is 0. The van der Waals surface area contributed by atoms with E-state index in [0.717, 1.165) is 33.2 Å². The zero-order valence-corrected chi connectivity index (χ0v) is 22.2. The summed E-state index contributed by atoms with van der Waals surface area (Å²) in [6, 6.07) is 29.8. The molecule has 0 aliphatic carbocycles. The Labute approximate surface area is 235 Å². The third-order valence-electron chi connectivity index (χ3n) is 8.40. The number of halogens is 2. The normalized spacial score (nSPS) is 19.2. The van der Waals surface area contributed by atoms with E-state index >= 15 is 8.78 Å². The first kappa shape index (κ1) is 23.8. The third-order valence-corrected chi connectivity index (χ3v) is 8.40. The molecule has 0 saturated carbocycles. The lowest BCUT2D eigenvalue weighted by Crippen LogP contribution is -2.42. The Morgan fingerprint density at radius 1 is 0.756 bits per heavy atom. The zero-order valence-electron chi connectivity index (χ0n) is 22.2. The first-order chi connectivity index (χ1) is 20.0. The number of anilines is 2. The summed E-state index contributed by atoms with van der Waals surface area (Å²) in [5, 5.41) is 0.993. The number of nitrogens with zero attached hydrogens (tertiary/aromatic N) is 4. The number of benzene rings is 4. The molecule has 6 heteroatoms. The highest BCUT2D eigenvalue weighted by Gasteiger charge is 2.48. The van der Waals surface area contributed by atoms with Gasteiger partial charge in [0.25, 0.3) is 0 Å². The molecule has 4 heterocycles. The Morgan fingerprint density at radius 3 is 2.29 bits per heavy atom.